The minimum Gasteiger partial charge on any atom is -0.361 e. The molecule has 0 aliphatic rings. The molecule has 3 N–H and O–H groups in total. The molecule has 1 heterocycles. The third kappa shape index (κ3) is 2.39. The van der Waals surface area contributed by atoms with Gasteiger partial charge in [0.25, 0.3) is 0 Å². The quantitative estimate of drug-likeness (QED) is 0.843. The Bertz CT molecular complexity index is 450. The number of nitrogens with two attached hydrogens (primary N) is 1. The van der Waals surface area contributed by atoms with Crippen LogP contribution < -0.4 is 5.73 Å². The van der Waals surface area contributed by atoms with Crippen LogP contribution in [0.15, 0.2) is 30.5 Å². The second kappa shape index (κ2) is 5.37. The van der Waals surface area contributed by atoms with Crippen LogP contribution in [0.25, 0.3) is 10.9 Å². The maximum absolute atomic E-state index is 6.20. The first-order chi connectivity index (χ1) is 7.22. The number of aromatic amines is 1. The normalized spacial score (nSPS) is 14.4. The third-order valence-corrected chi connectivity index (χ3v) is 3.22. The average Bonchev–Trinajstić information content (AvgIpc) is 2.73. The van der Waals surface area contributed by atoms with Crippen molar-refractivity contribution in [1.29, 1.82) is 0 Å². The summed E-state index contributed by atoms with van der Waals surface area (Å²) in [6, 6.07) is 8.64. The highest BCUT2D eigenvalue weighted by Gasteiger charge is 2.13. The molecular formula is C13H19ClN2. The van der Waals surface area contributed by atoms with Crippen LogP contribution in [0, 0.1) is 5.92 Å². The molecule has 0 saturated heterocycles. The van der Waals surface area contributed by atoms with E-state index in [9.17, 15) is 0 Å². The van der Waals surface area contributed by atoms with Crippen molar-refractivity contribution in [3.8, 4) is 0 Å². The van der Waals surface area contributed by atoms with Gasteiger partial charge in [-0.1, -0.05) is 26.3 Å². The predicted molar refractivity (Wildman–Crippen MR) is 71.9 cm³/mol. The molecule has 3 heteroatoms. The molecule has 0 aliphatic heterocycles. The molecule has 2 atom stereocenters. The lowest BCUT2D eigenvalue weighted by Crippen LogP contribution is -2.18. The van der Waals surface area contributed by atoms with Crippen LogP contribution in [0.2, 0.25) is 0 Å². The molecule has 0 spiro atoms. The molecule has 0 amide bonds. The minimum absolute atomic E-state index is 0. The standard InChI is InChI=1S/C13H18N2.ClH/c1-3-9(2)13(14)11-4-5-12-10(8-11)6-7-15-12;/h4-9,13,15H,3,14H2,1-2H3;1H/t9?,13-;/m1./s1. The van der Waals surface area contributed by atoms with Gasteiger partial charge in [0.1, 0.15) is 0 Å². The molecule has 16 heavy (non-hydrogen) atoms. The van der Waals surface area contributed by atoms with Gasteiger partial charge in [-0.05, 0) is 35.1 Å². The van der Waals surface area contributed by atoms with Crippen molar-refractivity contribution in [2.75, 3.05) is 0 Å². The number of H-pyrrole nitrogens is 1. The Labute approximate surface area is 103 Å². The van der Waals surface area contributed by atoms with E-state index in [1.165, 1.54) is 16.5 Å². The Morgan fingerprint density at radius 3 is 2.75 bits per heavy atom. The number of aromatic nitrogens is 1. The zero-order chi connectivity index (χ0) is 10.8. The van der Waals surface area contributed by atoms with Gasteiger partial charge >= 0.3 is 0 Å². The van der Waals surface area contributed by atoms with Gasteiger partial charge in [0.15, 0.2) is 0 Å². The summed E-state index contributed by atoms with van der Waals surface area (Å²) >= 11 is 0. The van der Waals surface area contributed by atoms with Crippen molar-refractivity contribution >= 4 is 23.3 Å². The molecule has 88 valence electrons. The molecule has 2 aromatic rings. The highest BCUT2D eigenvalue weighted by molar-refractivity contribution is 5.85. The number of halogens is 1. The van der Waals surface area contributed by atoms with Gasteiger partial charge in [0.2, 0.25) is 0 Å². The van der Waals surface area contributed by atoms with Crippen molar-refractivity contribution in [3.05, 3.63) is 36.0 Å². The Morgan fingerprint density at radius 1 is 1.31 bits per heavy atom. The number of nitrogens with one attached hydrogen (secondary N) is 1. The largest absolute Gasteiger partial charge is 0.361 e. The Kier molecular flexibility index (Phi) is 4.39. The van der Waals surface area contributed by atoms with Crippen LogP contribution in [-0.4, -0.2) is 4.98 Å². The van der Waals surface area contributed by atoms with E-state index in [2.05, 4.69) is 43.1 Å². The summed E-state index contributed by atoms with van der Waals surface area (Å²) < 4.78 is 0. The average molecular weight is 239 g/mol. The summed E-state index contributed by atoms with van der Waals surface area (Å²) in [6.45, 7) is 4.38. The van der Waals surface area contributed by atoms with E-state index in [1.54, 1.807) is 0 Å². The van der Waals surface area contributed by atoms with Crippen molar-refractivity contribution in [2.45, 2.75) is 26.3 Å². The van der Waals surface area contributed by atoms with E-state index in [0.29, 0.717) is 5.92 Å². The minimum atomic E-state index is 0. The molecule has 0 aliphatic carbocycles. The van der Waals surface area contributed by atoms with Gasteiger partial charge in [-0.15, -0.1) is 12.4 Å². The van der Waals surface area contributed by atoms with Gasteiger partial charge in [-0.3, -0.25) is 0 Å². The van der Waals surface area contributed by atoms with Crippen molar-refractivity contribution < 1.29 is 0 Å². The lowest BCUT2D eigenvalue weighted by Gasteiger charge is -2.18. The Morgan fingerprint density at radius 2 is 2.06 bits per heavy atom. The molecule has 0 radical (unpaired) electrons. The molecular weight excluding hydrogens is 220 g/mol. The fourth-order valence-electron chi connectivity index (χ4n) is 1.86. The summed E-state index contributed by atoms with van der Waals surface area (Å²) in [5.41, 5.74) is 8.61. The highest BCUT2D eigenvalue weighted by atomic mass is 35.5. The lowest BCUT2D eigenvalue weighted by molar-refractivity contribution is 0.457. The smallest absolute Gasteiger partial charge is 0.0454 e. The van der Waals surface area contributed by atoms with E-state index in [4.69, 9.17) is 5.73 Å². The lowest BCUT2D eigenvalue weighted by atomic mass is 9.93. The van der Waals surface area contributed by atoms with E-state index < -0.39 is 0 Å². The fourth-order valence-corrected chi connectivity index (χ4v) is 1.86. The zero-order valence-corrected chi connectivity index (χ0v) is 10.6. The molecule has 1 aromatic carbocycles. The van der Waals surface area contributed by atoms with Gasteiger partial charge in [0, 0.05) is 17.8 Å². The van der Waals surface area contributed by atoms with Gasteiger partial charge in [-0.2, -0.15) is 0 Å². The van der Waals surface area contributed by atoms with Gasteiger partial charge in [0.05, 0.1) is 0 Å². The van der Waals surface area contributed by atoms with E-state index in [-0.39, 0.29) is 18.4 Å². The van der Waals surface area contributed by atoms with Crippen molar-refractivity contribution in [1.82, 2.24) is 4.98 Å². The maximum atomic E-state index is 6.20. The van der Waals surface area contributed by atoms with Gasteiger partial charge in [-0.25, -0.2) is 0 Å². The molecule has 0 fully saturated rings. The molecule has 2 rings (SSSR count). The topological polar surface area (TPSA) is 41.8 Å². The monoisotopic (exact) mass is 238 g/mol. The summed E-state index contributed by atoms with van der Waals surface area (Å²) in [7, 11) is 0. The second-order valence-corrected chi connectivity index (χ2v) is 4.24. The number of fused-ring (bicyclic) bond motifs is 1. The number of rotatable bonds is 3. The molecule has 1 aromatic heterocycles. The first kappa shape index (κ1) is 13.1. The summed E-state index contributed by atoms with van der Waals surface area (Å²) in [5.74, 6) is 0.529. The van der Waals surface area contributed by atoms with Crippen LogP contribution in [0.1, 0.15) is 31.9 Å². The third-order valence-electron chi connectivity index (χ3n) is 3.22. The zero-order valence-electron chi connectivity index (χ0n) is 9.73. The Balaban J connectivity index is 0.00000128. The number of hydrogen-bond donors (Lipinski definition) is 2. The molecule has 0 bridgehead atoms. The summed E-state index contributed by atoms with van der Waals surface area (Å²) in [6.07, 6.45) is 3.08. The number of benzene rings is 1. The van der Waals surface area contributed by atoms with E-state index in [1.807, 2.05) is 6.20 Å². The Hall–Kier alpha value is -0.990. The van der Waals surface area contributed by atoms with Crippen LogP contribution in [0.4, 0.5) is 0 Å². The van der Waals surface area contributed by atoms with E-state index >= 15 is 0 Å². The SMILES string of the molecule is CCC(C)[C@@H](N)c1ccc2[nH]ccc2c1.Cl. The fraction of sp³-hybridized carbons (Fsp3) is 0.385. The summed E-state index contributed by atoms with van der Waals surface area (Å²) in [5, 5.41) is 1.24. The van der Waals surface area contributed by atoms with Crippen LogP contribution in [-0.2, 0) is 0 Å². The van der Waals surface area contributed by atoms with Crippen LogP contribution in [0.3, 0.4) is 0 Å². The molecule has 1 unspecified atom stereocenters. The predicted octanol–water partition coefficient (Wildman–Crippen LogP) is 3.64. The van der Waals surface area contributed by atoms with Crippen molar-refractivity contribution in [3.63, 3.8) is 0 Å². The van der Waals surface area contributed by atoms with Crippen LogP contribution in [0.5, 0.6) is 0 Å². The summed E-state index contributed by atoms with van der Waals surface area (Å²) in [4.78, 5) is 3.19. The number of hydrogen-bond acceptors (Lipinski definition) is 1. The first-order valence-electron chi connectivity index (χ1n) is 5.55. The highest BCUT2D eigenvalue weighted by Crippen LogP contribution is 2.24. The van der Waals surface area contributed by atoms with Crippen molar-refractivity contribution in [2.24, 2.45) is 11.7 Å². The maximum Gasteiger partial charge on any atom is 0.0454 e. The molecule has 0 saturated carbocycles. The van der Waals surface area contributed by atoms with Crippen LogP contribution >= 0.6 is 12.4 Å². The van der Waals surface area contributed by atoms with E-state index in [0.717, 1.165) is 6.42 Å². The first-order valence-corrected chi connectivity index (χ1v) is 5.55. The van der Waals surface area contributed by atoms with Gasteiger partial charge < -0.3 is 10.7 Å². The second-order valence-electron chi connectivity index (χ2n) is 4.24. The molecule has 2 nitrogen and oxygen atoms in total.